The zero-order valence-electron chi connectivity index (χ0n) is 17.9. The van der Waals surface area contributed by atoms with Crippen molar-refractivity contribution in [2.24, 2.45) is 0 Å². The molecule has 1 atom stereocenters. The molecular weight excluding hydrogens is 400 g/mol. The molecule has 31 heavy (non-hydrogen) atoms. The zero-order valence-corrected chi connectivity index (χ0v) is 17.9. The van der Waals surface area contributed by atoms with E-state index in [1.54, 1.807) is 44.2 Å². The van der Waals surface area contributed by atoms with Crippen LogP contribution in [0, 0.1) is 0 Å². The molecule has 1 heterocycles. The SMILES string of the molecule is C=CC(C)(C)c1c(OC(C)=O)cc2c(c1O)C(=O)CC(c1ccc(OC(C)=O)cc1)O2. The average Bonchev–Trinajstić information content (AvgIpc) is 2.66. The van der Waals surface area contributed by atoms with Crippen molar-refractivity contribution in [1.82, 2.24) is 0 Å². The molecule has 0 bridgehead atoms. The standard InChI is InChI=1S/C24H24O7/c1-6-24(4,5)22-20(30-14(3)26)12-19-21(23(22)28)17(27)11-18(31-19)15-7-9-16(10-8-15)29-13(2)25/h6-10,12,18,28H,1,11H2,2-5H3. The van der Waals surface area contributed by atoms with Gasteiger partial charge in [-0.3, -0.25) is 14.4 Å². The number of carbonyl (C=O) groups excluding carboxylic acids is 3. The predicted octanol–water partition coefficient (Wildman–Crippen LogP) is 4.41. The van der Waals surface area contributed by atoms with Crippen molar-refractivity contribution in [2.75, 3.05) is 0 Å². The first kappa shape index (κ1) is 22.1. The maximum Gasteiger partial charge on any atom is 0.308 e. The number of phenols is 1. The van der Waals surface area contributed by atoms with Crippen LogP contribution in [0.25, 0.3) is 0 Å². The number of aromatic hydroxyl groups is 1. The Bertz CT molecular complexity index is 1060. The van der Waals surface area contributed by atoms with E-state index in [1.165, 1.54) is 19.9 Å². The molecule has 7 heteroatoms. The molecule has 0 spiro atoms. The minimum Gasteiger partial charge on any atom is -0.507 e. The topological polar surface area (TPSA) is 99.1 Å². The smallest absolute Gasteiger partial charge is 0.308 e. The van der Waals surface area contributed by atoms with E-state index in [9.17, 15) is 19.5 Å². The molecule has 0 amide bonds. The molecule has 162 valence electrons. The van der Waals surface area contributed by atoms with Crippen molar-refractivity contribution in [3.05, 3.63) is 59.7 Å². The third-order valence-electron chi connectivity index (χ3n) is 5.07. The van der Waals surface area contributed by atoms with Gasteiger partial charge in [0, 0.05) is 30.9 Å². The quantitative estimate of drug-likeness (QED) is 0.431. The summed E-state index contributed by atoms with van der Waals surface area (Å²) in [5, 5.41) is 11.0. The van der Waals surface area contributed by atoms with Crippen LogP contribution in [0.15, 0.2) is 43.0 Å². The summed E-state index contributed by atoms with van der Waals surface area (Å²) >= 11 is 0. The molecule has 7 nitrogen and oxygen atoms in total. The van der Waals surface area contributed by atoms with Gasteiger partial charge in [-0.15, -0.1) is 6.58 Å². The summed E-state index contributed by atoms with van der Waals surface area (Å²) in [5.41, 5.74) is 0.262. The second-order valence-electron chi connectivity index (χ2n) is 7.89. The van der Waals surface area contributed by atoms with Crippen LogP contribution in [0.1, 0.15) is 61.7 Å². The number of hydrogen-bond donors (Lipinski definition) is 1. The first-order valence-corrected chi connectivity index (χ1v) is 9.74. The molecule has 1 N–H and O–H groups in total. The number of rotatable bonds is 5. The predicted molar refractivity (Wildman–Crippen MR) is 113 cm³/mol. The van der Waals surface area contributed by atoms with E-state index in [0.717, 1.165) is 0 Å². The van der Waals surface area contributed by atoms with Gasteiger partial charge < -0.3 is 19.3 Å². The lowest BCUT2D eigenvalue weighted by molar-refractivity contribution is -0.132. The molecule has 1 aliphatic rings. The molecule has 0 saturated carbocycles. The number of esters is 2. The lowest BCUT2D eigenvalue weighted by atomic mass is 9.81. The monoisotopic (exact) mass is 424 g/mol. The van der Waals surface area contributed by atoms with E-state index >= 15 is 0 Å². The Kier molecular flexibility index (Phi) is 5.88. The molecule has 0 aliphatic carbocycles. The highest BCUT2D eigenvalue weighted by Crippen LogP contribution is 2.49. The zero-order chi connectivity index (χ0) is 22.9. The van der Waals surface area contributed by atoms with Crippen LogP contribution in [0.2, 0.25) is 0 Å². The maximum atomic E-state index is 13.0. The maximum absolute atomic E-state index is 13.0. The number of ether oxygens (including phenoxy) is 3. The van der Waals surface area contributed by atoms with Crippen LogP contribution in [-0.4, -0.2) is 22.8 Å². The van der Waals surface area contributed by atoms with Gasteiger partial charge in [-0.05, 0) is 17.7 Å². The van der Waals surface area contributed by atoms with E-state index in [2.05, 4.69) is 6.58 Å². The first-order valence-electron chi connectivity index (χ1n) is 9.74. The number of ketones is 1. The fourth-order valence-corrected chi connectivity index (χ4v) is 3.51. The number of fused-ring (bicyclic) bond motifs is 1. The van der Waals surface area contributed by atoms with Crippen molar-refractivity contribution in [2.45, 2.75) is 45.6 Å². The van der Waals surface area contributed by atoms with Crippen LogP contribution < -0.4 is 14.2 Å². The van der Waals surface area contributed by atoms with Crippen molar-refractivity contribution in [3.63, 3.8) is 0 Å². The molecule has 0 aromatic heterocycles. The van der Waals surface area contributed by atoms with Gasteiger partial charge in [0.2, 0.25) is 0 Å². The van der Waals surface area contributed by atoms with Crippen molar-refractivity contribution < 1.29 is 33.7 Å². The largest absolute Gasteiger partial charge is 0.507 e. The van der Waals surface area contributed by atoms with E-state index in [0.29, 0.717) is 11.3 Å². The Balaban J connectivity index is 2.04. The highest BCUT2D eigenvalue weighted by Gasteiger charge is 2.36. The molecule has 0 radical (unpaired) electrons. The van der Waals surface area contributed by atoms with Crippen LogP contribution in [-0.2, 0) is 15.0 Å². The normalized spacial score (nSPS) is 15.5. The number of Topliss-reactive ketones (excluding diaryl/α,β-unsaturated/α-hetero) is 1. The number of allylic oxidation sites excluding steroid dienone is 1. The summed E-state index contributed by atoms with van der Waals surface area (Å²) in [7, 11) is 0. The Labute approximate surface area is 180 Å². The van der Waals surface area contributed by atoms with Crippen LogP contribution in [0.4, 0.5) is 0 Å². The summed E-state index contributed by atoms with van der Waals surface area (Å²) in [4.78, 5) is 35.7. The minimum atomic E-state index is -0.770. The van der Waals surface area contributed by atoms with E-state index < -0.39 is 23.5 Å². The van der Waals surface area contributed by atoms with Crippen LogP contribution >= 0.6 is 0 Å². The van der Waals surface area contributed by atoms with Crippen LogP contribution in [0.3, 0.4) is 0 Å². The number of phenolic OH excluding ortho intramolecular Hbond substituents is 1. The van der Waals surface area contributed by atoms with E-state index in [-0.39, 0.29) is 40.6 Å². The molecule has 0 saturated heterocycles. The lowest BCUT2D eigenvalue weighted by Crippen LogP contribution is -2.23. The van der Waals surface area contributed by atoms with Gasteiger partial charge in [0.25, 0.3) is 0 Å². The van der Waals surface area contributed by atoms with Crippen LogP contribution in [0.5, 0.6) is 23.0 Å². The Morgan fingerprint density at radius 3 is 2.32 bits per heavy atom. The molecule has 2 aromatic rings. The average molecular weight is 424 g/mol. The molecule has 1 unspecified atom stereocenters. The third kappa shape index (κ3) is 4.45. The Hall–Kier alpha value is -3.61. The van der Waals surface area contributed by atoms with Crippen molar-refractivity contribution in [3.8, 4) is 23.0 Å². The van der Waals surface area contributed by atoms with Gasteiger partial charge in [0.15, 0.2) is 5.78 Å². The van der Waals surface area contributed by atoms with Gasteiger partial charge in [-0.25, -0.2) is 0 Å². The van der Waals surface area contributed by atoms with Crippen molar-refractivity contribution in [1.29, 1.82) is 0 Å². The fraction of sp³-hybridized carbons (Fsp3) is 0.292. The second-order valence-corrected chi connectivity index (χ2v) is 7.89. The number of benzene rings is 2. The minimum absolute atomic E-state index is 0.00828. The fourth-order valence-electron chi connectivity index (χ4n) is 3.51. The Morgan fingerprint density at radius 2 is 1.77 bits per heavy atom. The summed E-state index contributed by atoms with van der Waals surface area (Å²) in [6.07, 6.45) is 0.992. The first-order chi connectivity index (χ1) is 14.5. The molecular formula is C24H24O7. The van der Waals surface area contributed by atoms with E-state index in [1.807, 2.05) is 0 Å². The molecule has 2 aromatic carbocycles. The van der Waals surface area contributed by atoms with Gasteiger partial charge >= 0.3 is 11.9 Å². The summed E-state index contributed by atoms with van der Waals surface area (Å²) in [6, 6.07) is 8.07. The van der Waals surface area contributed by atoms with Gasteiger partial charge in [-0.1, -0.05) is 32.1 Å². The van der Waals surface area contributed by atoms with Gasteiger partial charge in [0.1, 0.15) is 34.7 Å². The van der Waals surface area contributed by atoms with Gasteiger partial charge in [-0.2, -0.15) is 0 Å². The third-order valence-corrected chi connectivity index (χ3v) is 5.07. The summed E-state index contributed by atoms with van der Waals surface area (Å²) in [5.74, 6) is -0.979. The summed E-state index contributed by atoms with van der Waals surface area (Å²) < 4.78 is 16.4. The molecule has 3 rings (SSSR count). The lowest BCUT2D eigenvalue weighted by Gasteiger charge is -2.30. The van der Waals surface area contributed by atoms with Gasteiger partial charge in [0.05, 0.1) is 6.42 Å². The molecule has 0 fully saturated rings. The highest BCUT2D eigenvalue weighted by molar-refractivity contribution is 6.03. The van der Waals surface area contributed by atoms with E-state index in [4.69, 9.17) is 14.2 Å². The molecule has 1 aliphatic heterocycles. The Morgan fingerprint density at radius 1 is 1.16 bits per heavy atom. The summed E-state index contributed by atoms with van der Waals surface area (Å²) in [6.45, 7) is 9.91. The number of carbonyl (C=O) groups is 3. The highest BCUT2D eigenvalue weighted by atomic mass is 16.5. The number of hydrogen-bond acceptors (Lipinski definition) is 7. The van der Waals surface area contributed by atoms with Crippen molar-refractivity contribution >= 4 is 17.7 Å². The second kappa shape index (κ2) is 8.26.